The van der Waals surface area contributed by atoms with Crippen molar-refractivity contribution in [1.82, 2.24) is 14.5 Å². The van der Waals surface area contributed by atoms with Crippen LogP contribution >= 0.6 is 11.5 Å². The van der Waals surface area contributed by atoms with Crippen molar-refractivity contribution in [3.8, 4) is 0 Å². The van der Waals surface area contributed by atoms with E-state index >= 15 is 0 Å². The lowest BCUT2D eigenvalue weighted by Crippen LogP contribution is -2.29. The molecule has 0 bridgehead atoms. The van der Waals surface area contributed by atoms with E-state index in [0.717, 1.165) is 24.4 Å². The number of aromatic nitrogens is 2. The topological polar surface area (TPSA) is 86.6 Å². The summed E-state index contributed by atoms with van der Waals surface area (Å²) in [6.45, 7) is 2.35. The van der Waals surface area contributed by atoms with Crippen molar-refractivity contribution in [3.05, 3.63) is 10.6 Å². The predicted molar refractivity (Wildman–Crippen MR) is 61.8 cm³/mol. The molecule has 7 heteroatoms. The standard InChI is InChI=1S/C10H15N3O3S/c1-2-3-6-9(17-12-11-6)10(16)13-4-7(14)8(15)5-13/h7-8,14-15H,2-5H2,1H3. The number of carbonyl (C=O) groups excluding carboxylic acids is 1. The Hall–Kier alpha value is -1.05. The first-order chi connectivity index (χ1) is 8.13. The number of carbonyl (C=O) groups is 1. The average molecular weight is 257 g/mol. The highest BCUT2D eigenvalue weighted by atomic mass is 32.1. The molecular formula is C10H15N3O3S. The van der Waals surface area contributed by atoms with E-state index in [2.05, 4.69) is 9.59 Å². The molecular weight excluding hydrogens is 242 g/mol. The molecule has 1 aromatic rings. The Labute approximate surface area is 103 Å². The van der Waals surface area contributed by atoms with E-state index in [9.17, 15) is 15.0 Å². The Bertz CT molecular complexity index is 399. The number of β-amino-alcohol motifs (C(OH)–C–C–N with tert-alkyl or cyclic N) is 2. The van der Waals surface area contributed by atoms with Gasteiger partial charge in [-0.05, 0) is 18.0 Å². The molecule has 1 amide bonds. The summed E-state index contributed by atoms with van der Waals surface area (Å²) in [6, 6.07) is 0. The number of nitrogens with zero attached hydrogens (tertiary/aromatic N) is 3. The molecule has 1 aliphatic heterocycles. The molecule has 1 aromatic heterocycles. The van der Waals surface area contributed by atoms with Gasteiger partial charge in [-0.2, -0.15) is 0 Å². The van der Waals surface area contributed by atoms with Crippen molar-refractivity contribution in [2.75, 3.05) is 13.1 Å². The third-order valence-corrected chi connectivity index (χ3v) is 3.54. The number of rotatable bonds is 3. The molecule has 2 heterocycles. The summed E-state index contributed by atoms with van der Waals surface area (Å²) in [5.41, 5.74) is 0.707. The van der Waals surface area contributed by atoms with Crippen LogP contribution in [0, 0.1) is 0 Å². The number of amides is 1. The third-order valence-electron chi connectivity index (χ3n) is 2.78. The lowest BCUT2D eigenvalue weighted by atomic mass is 10.2. The van der Waals surface area contributed by atoms with Crippen LogP contribution in [-0.2, 0) is 6.42 Å². The minimum atomic E-state index is -0.852. The van der Waals surface area contributed by atoms with Crippen LogP contribution in [0.3, 0.4) is 0 Å². The van der Waals surface area contributed by atoms with Crippen LogP contribution in [0.25, 0.3) is 0 Å². The number of likely N-dealkylation sites (tertiary alicyclic amines) is 1. The summed E-state index contributed by atoms with van der Waals surface area (Å²) >= 11 is 1.07. The van der Waals surface area contributed by atoms with Crippen molar-refractivity contribution in [3.63, 3.8) is 0 Å². The van der Waals surface area contributed by atoms with Crippen molar-refractivity contribution in [1.29, 1.82) is 0 Å². The minimum Gasteiger partial charge on any atom is -0.388 e. The van der Waals surface area contributed by atoms with Crippen LogP contribution in [0.4, 0.5) is 0 Å². The first-order valence-corrected chi connectivity index (χ1v) is 6.37. The second-order valence-electron chi connectivity index (χ2n) is 4.14. The van der Waals surface area contributed by atoms with Gasteiger partial charge in [0.15, 0.2) is 0 Å². The summed E-state index contributed by atoms with van der Waals surface area (Å²) in [6.07, 6.45) is -0.0862. The zero-order chi connectivity index (χ0) is 12.4. The van der Waals surface area contributed by atoms with Gasteiger partial charge in [0.2, 0.25) is 0 Å². The van der Waals surface area contributed by atoms with Crippen LogP contribution in [0.5, 0.6) is 0 Å². The van der Waals surface area contributed by atoms with Crippen molar-refractivity contribution < 1.29 is 15.0 Å². The number of aryl methyl sites for hydroxylation is 1. The van der Waals surface area contributed by atoms with E-state index in [1.165, 1.54) is 4.90 Å². The van der Waals surface area contributed by atoms with E-state index in [4.69, 9.17) is 0 Å². The molecule has 0 radical (unpaired) electrons. The first-order valence-electron chi connectivity index (χ1n) is 5.60. The highest BCUT2D eigenvalue weighted by Gasteiger charge is 2.34. The van der Waals surface area contributed by atoms with Gasteiger partial charge in [-0.25, -0.2) is 0 Å². The Kier molecular flexibility index (Phi) is 3.70. The highest BCUT2D eigenvalue weighted by molar-refractivity contribution is 7.08. The van der Waals surface area contributed by atoms with Gasteiger partial charge in [-0.3, -0.25) is 4.79 Å². The summed E-state index contributed by atoms with van der Waals surface area (Å²) in [5, 5.41) is 22.8. The summed E-state index contributed by atoms with van der Waals surface area (Å²) in [4.78, 5) is 14.1. The van der Waals surface area contributed by atoms with Gasteiger partial charge < -0.3 is 15.1 Å². The van der Waals surface area contributed by atoms with Crippen LogP contribution < -0.4 is 0 Å². The SMILES string of the molecule is CCCc1nnsc1C(=O)N1CC(O)C(O)C1. The summed E-state index contributed by atoms with van der Waals surface area (Å²) < 4.78 is 3.79. The maximum Gasteiger partial charge on any atom is 0.267 e. The Morgan fingerprint density at radius 1 is 1.47 bits per heavy atom. The van der Waals surface area contributed by atoms with Gasteiger partial charge >= 0.3 is 0 Å². The number of aliphatic hydroxyl groups is 2. The molecule has 94 valence electrons. The molecule has 2 atom stereocenters. The molecule has 0 saturated carbocycles. The Morgan fingerprint density at radius 3 is 2.71 bits per heavy atom. The van der Waals surface area contributed by atoms with Crippen LogP contribution in [0.15, 0.2) is 0 Å². The van der Waals surface area contributed by atoms with E-state index in [0.29, 0.717) is 10.6 Å². The van der Waals surface area contributed by atoms with Crippen LogP contribution in [-0.4, -0.2) is 55.9 Å². The van der Waals surface area contributed by atoms with Gasteiger partial charge in [-0.15, -0.1) is 5.10 Å². The Morgan fingerprint density at radius 2 is 2.12 bits per heavy atom. The molecule has 0 spiro atoms. The fourth-order valence-electron chi connectivity index (χ4n) is 1.85. The molecule has 1 saturated heterocycles. The second kappa shape index (κ2) is 5.07. The maximum absolute atomic E-state index is 12.1. The number of hydrogen-bond acceptors (Lipinski definition) is 6. The van der Waals surface area contributed by atoms with Gasteiger partial charge in [0.25, 0.3) is 5.91 Å². The second-order valence-corrected chi connectivity index (χ2v) is 4.90. The molecule has 1 aliphatic rings. The maximum atomic E-state index is 12.1. The normalized spacial score (nSPS) is 24.3. The molecule has 2 rings (SSSR count). The fourth-order valence-corrected chi connectivity index (χ4v) is 2.53. The molecule has 2 N–H and O–H groups in total. The minimum absolute atomic E-state index is 0.170. The molecule has 2 unspecified atom stereocenters. The molecule has 0 aliphatic carbocycles. The first kappa shape index (κ1) is 12.4. The molecule has 17 heavy (non-hydrogen) atoms. The summed E-state index contributed by atoms with van der Waals surface area (Å²) in [7, 11) is 0. The quantitative estimate of drug-likeness (QED) is 0.774. The van der Waals surface area contributed by atoms with E-state index in [1.807, 2.05) is 6.92 Å². The zero-order valence-corrected chi connectivity index (χ0v) is 10.4. The lowest BCUT2D eigenvalue weighted by Gasteiger charge is -2.14. The monoisotopic (exact) mass is 257 g/mol. The van der Waals surface area contributed by atoms with Gasteiger partial charge in [0.1, 0.15) is 4.88 Å². The fraction of sp³-hybridized carbons (Fsp3) is 0.700. The average Bonchev–Trinajstić information content (AvgIpc) is 2.87. The number of aliphatic hydroxyl groups excluding tert-OH is 2. The van der Waals surface area contributed by atoms with E-state index < -0.39 is 12.2 Å². The highest BCUT2D eigenvalue weighted by Crippen LogP contribution is 2.19. The van der Waals surface area contributed by atoms with E-state index in [-0.39, 0.29) is 19.0 Å². The smallest absolute Gasteiger partial charge is 0.267 e. The molecule has 0 aromatic carbocycles. The Balaban J connectivity index is 2.12. The van der Waals surface area contributed by atoms with Crippen molar-refractivity contribution in [2.24, 2.45) is 0 Å². The van der Waals surface area contributed by atoms with Crippen LogP contribution in [0.2, 0.25) is 0 Å². The largest absolute Gasteiger partial charge is 0.388 e. The zero-order valence-electron chi connectivity index (χ0n) is 9.54. The van der Waals surface area contributed by atoms with Crippen molar-refractivity contribution >= 4 is 17.4 Å². The van der Waals surface area contributed by atoms with Gasteiger partial charge in [-0.1, -0.05) is 17.8 Å². The molecule has 1 fully saturated rings. The van der Waals surface area contributed by atoms with Crippen molar-refractivity contribution in [2.45, 2.75) is 32.0 Å². The van der Waals surface area contributed by atoms with Crippen LogP contribution in [0.1, 0.15) is 28.7 Å². The van der Waals surface area contributed by atoms with Gasteiger partial charge in [0.05, 0.1) is 17.9 Å². The third kappa shape index (κ3) is 2.46. The molecule has 6 nitrogen and oxygen atoms in total. The number of hydrogen-bond donors (Lipinski definition) is 2. The summed E-state index contributed by atoms with van der Waals surface area (Å²) in [5.74, 6) is -0.195. The van der Waals surface area contributed by atoms with Gasteiger partial charge in [0, 0.05) is 13.1 Å². The lowest BCUT2D eigenvalue weighted by molar-refractivity contribution is 0.0572. The van der Waals surface area contributed by atoms with E-state index in [1.54, 1.807) is 0 Å². The predicted octanol–water partition coefficient (Wildman–Crippen LogP) is -0.332.